The van der Waals surface area contributed by atoms with Crippen LogP contribution in [-0.2, 0) is 4.79 Å². The number of methoxy groups -OCH3 is 1. The van der Waals surface area contributed by atoms with Crippen LogP contribution in [0.2, 0.25) is 0 Å². The molecule has 2 rings (SSSR count). The van der Waals surface area contributed by atoms with E-state index < -0.39 is 0 Å². The van der Waals surface area contributed by atoms with Crippen LogP contribution in [0, 0.1) is 0 Å². The van der Waals surface area contributed by atoms with Gasteiger partial charge in [0.25, 0.3) is 0 Å². The Labute approximate surface area is 112 Å². The van der Waals surface area contributed by atoms with Gasteiger partial charge in [0.1, 0.15) is 6.04 Å². The summed E-state index contributed by atoms with van der Waals surface area (Å²) in [4.78, 5) is 22.5. The van der Waals surface area contributed by atoms with E-state index in [2.05, 4.69) is 20.6 Å². The summed E-state index contributed by atoms with van der Waals surface area (Å²) in [7, 11) is 1.56. The van der Waals surface area contributed by atoms with Gasteiger partial charge < -0.3 is 20.3 Å². The fraction of sp³-hybridized carbons (Fsp3) is 0.583. The Hall–Kier alpha value is -1.89. The zero-order valence-corrected chi connectivity index (χ0v) is 11.2. The standard InChI is InChI=1S/C12H19N5O2/c1-3-14-11(18)9-8-13-6-7-17(9)12-15-5-4-10(16-12)19-2/h4-5,9,13H,3,6-8H2,1-2H3,(H,14,18). The number of nitrogens with zero attached hydrogens (tertiary/aromatic N) is 3. The van der Waals surface area contributed by atoms with E-state index in [1.54, 1.807) is 19.4 Å². The molecule has 0 aliphatic carbocycles. The minimum atomic E-state index is -0.291. The molecule has 1 amide bonds. The fourth-order valence-electron chi connectivity index (χ4n) is 2.05. The fourth-order valence-corrected chi connectivity index (χ4v) is 2.05. The van der Waals surface area contributed by atoms with E-state index in [4.69, 9.17) is 4.74 Å². The first kappa shape index (κ1) is 13.5. The van der Waals surface area contributed by atoms with Crippen molar-refractivity contribution in [2.75, 3.05) is 38.2 Å². The molecule has 1 fully saturated rings. The second-order valence-electron chi connectivity index (χ2n) is 4.21. The zero-order valence-electron chi connectivity index (χ0n) is 11.2. The molecule has 0 bridgehead atoms. The number of hydrogen-bond donors (Lipinski definition) is 2. The predicted molar refractivity (Wildman–Crippen MR) is 71.3 cm³/mol. The Morgan fingerprint density at radius 3 is 3.26 bits per heavy atom. The largest absolute Gasteiger partial charge is 0.481 e. The van der Waals surface area contributed by atoms with E-state index in [1.165, 1.54) is 0 Å². The van der Waals surface area contributed by atoms with Crippen LogP contribution in [0.5, 0.6) is 5.88 Å². The average molecular weight is 265 g/mol. The van der Waals surface area contributed by atoms with Crippen LogP contribution in [0.1, 0.15) is 6.92 Å². The second kappa shape index (κ2) is 6.33. The molecular weight excluding hydrogens is 246 g/mol. The molecule has 2 heterocycles. The third-order valence-electron chi connectivity index (χ3n) is 2.98. The van der Waals surface area contributed by atoms with Crippen molar-refractivity contribution in [3.8, 4) is 5.88 Å². The van der Waals surface area contributed by atoms with Gasteiger partial charge >= 0.3 is 0 Å². The number of ether oxygens (including phenoxy) is 1. The van der Waals surface area contributed by atoms with Crippen molar-refractivity contribution < 1.29 is 9.53 Å². The summed E-state index contributed by atoms with van der Waals surface area (Å²) in [6.45, 7) is 4.60. The topological polar surface area (TPSA) is 79.4 Å². The van der Waals surface area contributed by atoms with Crippen LogP contribution in [-0.4, -0.2) is 55.2 Å². The molecule has 1 aliphatic heterocycles. The molecule has 104 valence electrons. The molecule has 7 heteroatoms. The molecule has 0 aromatic carbocycles. The first-order valence-electron chi connectivity index (χ1n) is 6.38. The molecule has 1 aromatic heterocycles. The summed E-state index contributed by atoms with van der Waals surface area (Å²) in [6.07, 6.45) is 1.64. The van der Waals surface area contributed by atoms with Gasteiger partial charge in [0.2, 0.25) is 17.7 Å². The maximum absolute atomic E-state index is 12.1. The number of piperazine rings is 1. The lowest BCUT2D eigenvalue weighted by atomic mass is 10.2. The second-order valence-corrected chi connectivity index (χ2v) is 4.21. The third-order valence-corrected chi connectivity index (χ3v) is 2.98. The van der Waals surface area contributed by atoms with Crippen molar-refractivity contribution >= 4 is 11.9 Å². The van der Waals surface area contributed by atoms with Crippen molar-refractivity contribution in [2.24, 2.45) is 0 Å². The zero-order chi connectivity index (χ0) is 13.7. The van der Waals surface area contributed by atoms with E-state index in [0.29, 0.717) is 31.5 Å². The molecule has 7 nitrogen and oxygen atoms in total. The molecule has 0 spiro atoms. The number of amides is 1. The van der Waals surface area contributed by atoms with Crippen LogP contribution < -0.4 is 20.3 Å². The van der Waals surface area contributed by atoms with Crippen molar-refractivity contribution in [3.63, 3.8) is 0 Å². The first-order chi connectivity index (χ1) is 9.26. The molecule has 0 radical (unpaired) electrons. The van der Waals surface area contributed by atoms with Crippen molar-refractivity contribution in [1.29, 1.82) is 0 Å². The van der Waals surface area contributed by atoms with Crippen molar-refractivity contribution in [3.05, 3.63) is 12.3 Å². The van der Waals surface area contributed by atoms with Gasteiger partial charge in [-0.3, -0.25) is 4.79 Å². The number of nitrogens with one attached hydrogen (secondary N) is 2. The Morgan fingerprint density at radius 1 is 1.68 bits per heavy atom. The third kappa shape index (κ3) is 3.11. The van der Waals surface area contributed by atoms with Gasteiger partial charge in [-0.1, -0.05) is 0 Å². The summed E-state index contributed by atoms with van der Waals surface area (Å²) in [5.74, 6) is 1.01. The molecule has 19 heavy (non-hydrogen) atoms. The minimum Gasteiger partial charge on any atom is -0.481 e. The van der Waals surface area contributed by atoms with Crippen molar-refractivity contribution in [1.82, 2.24) is 20.6 Å². The van der Waals surface area contributed by atoms with E-state index in [9.17, 15) is 4.79 Å². The predicted octanol–water partition coefficient (Wildman–Crippen LogP) is -0.600. The number of aromatic nitrogens is 2. The minimum absolute atomic E-state index is 0.0129. The molecule has 1 aromatic rings. The molecule has 1 unspecified atom stereocenters. The summed E-state index contributed by atoms with van der Waals surface area (Å²) in [5, 5.41) is 6.05. The average Bonchev–Trinajstić information content (AvgIpc) is 2.47. The van der Waals surface area contributed by atoms with Crippen molar-refractivity contribution in [2.45, 2.75) is 13.0 Å². The molecular formula is C12H19N5O2. The Bertz CT molecular complexity index is 440. The van der Waals surface area contributed by atoms with Crippen LogP contribution >= 0.6 is 0 Å². The summed E-state index contributed by atoms with van der Waals surface area (Å²) in [5.41, 5.74) is 0. The van der Waals surface area contributed by atoms with Gasteiger partial charge in [-0.25, -0.2) is 4.98 Å². The highest BCUT2D eigenvalue weighted by Gasteiger charge is 2.30. The lowest BCUT2D eigenvalue weighted by molar-refractivity contribution is -0.122. The first-order valence-corrected chi connectivity index (χ1v) is 6.38. The van der Waals surface area contributed by atoms with E-state index in [-0.39, 0.29) is 11.9 Å². The monoisotopic (exact) mass is 265 g/mol. The quantitative estimate of drug-likeness (QED) is 0.757. The number of likely N-dealkylation sites (N-methyl/N-ethyl adjacent to an activating group) is 1. The summed E-state index contributed by atoms with van der Waals surface area (Å²) >= 11 is 0. The van der Waals surface area contributed by atoms with Gasteiger partial charge in [0.15, 0.2) is 0 Å². The van der Waals surface area contributed by atoms with E-state index in [1.807, 2.05) is 11.8 Å². The molecule has 1 atom stereocenters. The number of rotatable bonds is 4. The number of anilines is 1. The normalized spacial score (nSPS) is 19.1. The number of carbonyl (C=O) groups excluding carboxylic acids is 1. The number of carbonyl (C=O) groups is 1. The lowest BCUT2D eigenvalue weighted by Gasteiger charge is -2.35. The highest BCUT2D eigenvalue weighted by molar-refractivity contribution is 5.85. The van der Waals surface area contributed by atoms with Crippen LogP contribution in [0.25, 0.3) is 0 Å². The van der Waals surface area contributed by atoms with Gasteiger partial charge in [0, 0.05) is 38.4 Å². The smallest absolute Gasteiger partial charge is 0.244 e. The van der Waals surface area contributed by atoms with Gasteiger partial charge in [-0.15, -0.1) is 0 Å². The summed E-state index contributed by atoms with van der Waals surface area (Å²) < 4.78 is 5.09. The number of hydrogen-bond acceptors (Lipinski definition) is 6. The van der Waals surface area contributed by atoms with Gasteiger partial charge in [-0.2, -0.15) is 4.98 Å². The van der Waals surface area contributed by atoms with Crippen LogP contribution in [0.3, 0.4) is 0 Å². The Morgan fingerprint density at radius 2 is 2.53 bits per heavy atom. The van der Waals surface area contributed by atoms with Crippen LogP contribution in [0.15, 0.2) is 12.3 Å². The Kier molecular flexibility index (Phi) is 4.51. The maximum Gasteiger partial charge on any atom is 0.244 e. The van der Waals surface area contributed by atoms with Gasteiger partial charge in [0.05, 0.1) is 7.11 Å². The van der Waals surface area contributed by atoms with E-state index >= 15 is 0 Å². The van der Waals surface area contributed by atoms with E-state index in [0.717, 1.165) is 6.54 Å². The molecule has 0 saturated carbocycles. The van der Waals surface area contributed by atoms with Gasteiger partial charge in [-0.05, 0) is 6.92 Å². The lowest BCUT2D eigenvalue weighted by Crippen LogP contribution is -2.58. The maximum atomic E-state index is 12.1. The molecule has 1 aliphatic rings. The highest BCUT2D eigenvalue weighted by Crippen LogP contribution is 2.16. The molecule has 1 saturated heterocycles. The Balaban J connectivity index is 2.20. The van der Waals surface area contributed by atoms with Crippen LogP contribution in [0.4, 0.5) is 5.95 Å². The molecule has 2 N–H and O–H groups in total. The highest BCUT2D eigenvalue weighted by atomic mass is 16.5. The SMILES string of the molecule is CCNC(=O)C1CNCCN1c1nccc(OC)n1. The summed E-state index contributed by atoms with van der Waals surface area (Å²) in [6, 6.07) is 1.40.